The van der Waals surface area contributed by atoms with E-state index in [0.29, 0.717) is 0 Å². The van der Waals surface area contributed by atoms with Gasteiger partial charge in [-0.3, -0.25) is 0 Å². The fourth-order valence-corrected chi connectivity index (χ4v) is 2.49. The van der Waals surface area contributed by atoms with Gasteiger partial charge in [0.1, 0.15) is 5.82 Å². The third kappa shape index (κ3) is 5.48. The molecule has 1 aromatic rings. The van der Waals surface area contributed by atoms with E-state index in [1.54, 1.807) is 6.20 Å². The molecule has 1 fully saturated rings. The van der Waals surface area contributed by atoms with Crippen molar-refractivity contribution < 1.29 is 0 Å². The number of anilines is 1. The van der Waals surface area contributed by atoms with Crippen LogP contribution < -0.4 is 10.2 Å². The number of nitrogens with zero attached hydrogens (tertiary/aromatic N) is 2. The summed E-state index contributed by atoms with van der Waals surface area (Å²) in [5.41, 5.74) is 1.22. The van der Waals surface area contributed by atoms with Gasteiger partial charge in [-0.05, 0) is 57.6 Å². The Labute approximate surface area is 134 Å². The lowest BCUT2D eigenvalue weighted by Crippen LogP contribution is -2.35. The maximum Gasteiger partial charge on any atom is 0.128 e. The zero-order chi connectivity index (χ0) is 15.5. The summed E-state index contributed by atoms with van der Waals surface area (Å²) in [4.78, 5) is 6.96. The fraction of sp³-hybridized carbons (Fsp3) is 0.706. The Morgan fingerprint density at radius 1 is 1.38 bits per heavy atom. The molecule has 0 spiro atoms. The molecule has 0 saturated heterocycles. The summed E-state index contributed by atoms with van der Waals surface area (Å²) in [6, 6.07) is 2.15. The first kappa shape index (κ1) is 16.6. The van der Waals surface area contributed by atoms with Gasteiger partial charge < -0.3 is 10.2 Å². The summed E-state index contributed by atoms with van der Waals surface area (Å²) < 4.78 is 0. The van der Waals surface area contributed by atoms with E-state index < -0.39 is 0 Å². The van der Waals surface area contributed by atoms with Gasteiger partial charge in [-0.2, -0.15) is 0 Å². The van der Waals surface area contributed by atoms with Gasteiger partial charge in [-0.1, -0.05) is 18.5 Å². The predicted molar refractivity (Wildman–Crippen MR) is 91.1 cm³/mol. The standard InChI is InChI=1S/C17H28ClN3/c1-5-8-21(12-13-6-7-13)16-9-14(15(18)11-19-16)10-20-17(2,3)4/h9,11,13,20H,5-8,10,12H2,1-4H3. The van der Waals surface area contributed by atoms with Crippen LogP contribution in [0.1, 0.15) is 52.5 Å². The third-order valence-electron chi connectivity index (χ3n) is 3.72. The first-order valence-corrected chi connectivity index (χ1v) is 8.41. The van der Waals surface area contributed by atoms with E-state index in [2.05, 4.69) is 49.0 Å². The van der Waals surface area contributed by atoms with Crippen LogP contribution in [0, 0.1) is 5.92 Å². The second-order valence-electron chi connectivity index (χ2n) is 7.13. The molecule has 1 aliphatic rings. The van der Waals surface area contributed by atoms with E-state index >= 15 is 0 Å². The van der Waals surface area contributed by atoms with Crippen molar-refractivity contribution >= 4 is 17.4 Å². The van der Waals surface area contributed by atoms with Crippen molar-refractivity contribution in [3.63, 3.8) is 0 Å². The molecule has 1 saturated carbocycles. The first-order chi connectivity index (χ1) is 9.89. The molecular weight excluding hydrogens is 282 g/mol. The van der Waals surface area contributed by atoms with Gasteiger partial charge in [0.2, 0.25) is 0 Å². The molecule has 0 aliphatic heterocycles. The highest BCUT2D eigenvalue weighted by Gasteiger charge is 2.25. The Hall–Kier alpha value is -0.800. The van der Waals surface area contributed by atoms with Gasteiger partial charge in [0.15, 0.2) is 0 Å². The lowest BCUT2D eigenvalue weighted by molar-refractivity contribution is 0.424. The Kier molecular flexibility index (Phi) is 5.50. The molecule has 0 bridgehead atoms. The number of hydrogen-bond acceptors (Lipinski definition) is 3. The van der Waals surface area contributed by atoms with Crippen molar-refractivity contribution in [1.29, 1.82) is 0 Å². The molecule has 0 atom stereocenters. The van der Waals surface area contributed by atoms with Gasteiger partial charge in [-0.25, -0.2) is 4.98 Å². The Bertz CT molecular complexity index is 464. The summed E-state index contributed by atoms with van der Waals surface area (Å²) in [5.74, 6) is 1.93. The van der Waals surface area contributed by atoms with Crippen LogP contribution in [-0.4, -0.2) is 23.6 Å². The highest BCUT2D eigenvalue weighted by atomic mass is 35.5. The monoisotopic (exact) mass is 309 g/mol. The zero-order valence-electron chi connectivity index (χ0n) is 13.7. The van der Waals surface area contributed by atoms with Crippen molar-refractivity contribution in [2.45, 2.75) is 59.0 Å². The third-order valence-corrected chi connectivity index (χ3v) is 4.06. The minimum Gasteiger partial charge on any atom is -0.356 e. The quantitative estimate of drug-likeness (QED) is 0.816. The topological polar surface area (TPSA) is 28.2 Å². The van der Waals surface area contributed by atoms with Gasteiger partial charge in [-0.15, -0.1) is 0 Å². The van der Waals surface area contributed by atoms with Crippen LogP contribution in [0.4, 0.5) is 5.82 Å². The number of halogens is 1. The van der Waals surface area contributed by atoms with E-state index in [1.165, 1.54) is 12.8 Å². The fourth-order valence-electron chi connectivity index (χ4n) is 2.32. The van der Waals surface area contributed by atoms with E-state index in [1.807, 2.05) is 0 Å². The van der Waals surface area contributed by atoms with E-state index in [9.17, 15) is 0 Å². The summed E-state index contributed by atoms with van der Waals surface area (Å²) in [5, 5.41) is 4.25. The molecule has 0 radical (unpaired) electrons. The summed E-state index contributed by atoms with van der Waals surface area (Å²) in [6.07, 6.45) is 5.68. The van der Waals surface area contributed by atoms with Crippen molar-refractivity contribution in [3.05, 3.63) is 22.8 Å². The lowest BCUT2D eigenvalue weighted by atomic mass is 10.1. The van der Waals surface area contributed by atoms with Crippen molar-refractivity contribution in [3.8, 4) is 0 Å². The number of pyridine rings is 1. The molecule has 3 nitrogen and oxygen atoms in total. The van der Waals surface area contributed by atoms with Gasteiger partial charge in [0.05, 0.1) is 5.02 Å². The van der Waals surface area contributed by atoms with E-state index in [4.69, 9.17) is 11.6 Å². The largest absolute Gasteiger partial charge is 0.356 e. The molecule has 4 heteroatoms. The van der Waals surface area contributed by atoms with E-state index in [0.717, 1.165) is 48.4 Å². The number of rotatable bonds is 7. The number of hydrogen-bond donors (Lipinski definition) is 1. The van der Waals surface area contributed by atoms with Crippen molar-refractivity contribution in [1.82, 2.24) is 10.3 Å². The average Bonchev–Trinajstić information content (AvgIpc) is 3.20. The summed E-state index contributed by atoms with van der Waals surface area (Å²) in [7, 11) is 0. The van der Waals surface area contributed by atoms with Gasteiger partial charge in [0.25, 0.3) is 0 Å². The molecule has 1 heterocycles. The minimum absolute atomic E-state index is 0.0872. The van der Waals surface area contributed by atoms with Crippen LogP contribution in [0.2, 0.25) is 5.02 Å². The predicted octanol–water partition coefficient (Wildman–Crippen LogP) is 4.25. The zero-order valence-corrected chi connectivity index (χ0v) is 14.5. The Morgan fingerprint density at radius 3 is 2.67 bits per heavy atom. The van der Waals surface area contributed by atoms with Gasteiger partial charge >= 0.3 is 0 Å². The van der Waals surface area contributed by atoms with E-state index in [-0.39, 0.29) is 5.54 Å². The van der Waals surface area contributed by atoms with Gasteiger partial charge in [0, 0.05) is 31.4 Å². The molecule has 0 amide bonds. The molecule has 1 N–H and O–H groups in total. The first-order valence-electron chi connectivity index (χ1n) is 8.03. The van der Waals surface area contributed by atoms with Crippen LogP contribution in [0.15, 0.2) is 12.3 Å². The lowest BCUT2D eigenvalue weighted by Gasteiger charge is -2.25. The maximum atomic E-state index is 6.30. The molecule has 118 valence electrons. The second kappa shape index (κ2) is 6.97. The Morgan fingerprint density at radius 2 is 2.10 bits per heavy atom. The highest BCUT2D eigenvalue weighted by molar-refractivity contribution is 6.31. The molecule has 0 unspecified atom stereocenters. The number of nitrogens with one attached hydrogen (secondary N) is 1. The average molecular weight is 310 g/mol. The molecule has 0 aromatic carbocycles. The van der Waals surface area contributed by atoms with Crippen LogP contribution in [0.25, 0.3) is 0 Å². The molecule has 1 aromatic heterocycles. The van der Waals surface area contributed by atoms with Crippen LogP contribution in [0.3, 0.4) is 0 Å². The smallest absolute Gasteiger partial charge is 0.128 e. The summed E-state index contributed by atoms with van der Waals surface area (Å²) >= 11 is 6.30. The van der Waals surface area contributed by atoms with Crippen molar-refractivity contribution in [2.75, 3.05) is 18.0 Å². The van der Waals surface area contributed by atoms with Crippen LogP contribution >= 0.6 is 11.6 Å². The van der Waals surface area contributed by atoms with Crippen LogP contribution in [0.5, 0.6) is 0 Å². The Balaban J connectivity index is 2.10. The maximum absolute atomic E-state index is 6.30. The number of aromatic nitrogens is 1. The molecule has 1 aliphatic carbocycles. The molecule has 21 heavy (non-hydrogen) atoms. The van der Waals surface area contributed by atoms with Crippen molar-refractivity contribution in [2.24, 2.45) is 5.92 Å². The van der Waals surface area contributed by atoms with Crippen LogP contribution in [-0.2, 0) is 6.54 Å². The molecule has 2 rings (SSSR count). The molecular formula is C17H28ClN3. The SMILES string of the molecule is CCCN(CC1CC1)c1cc(CNC(C)(C)C)c(Cl)cn1. The minimum atomic E-state index is 0.0872. The second-order valence-corrected chi connectivity index (χ2v) is 7.53. The summed E-state index contributed by atoms with van der Waals surface area (Å²) in [6.45, 7) is 11.7. The highest BCUT2D eigenvalue weighted by Crippen LogP contribution is 2.31. The normalized spacial score (nSPS) is 15.3.